The van der Waals surface area contributed by atoms with Crippen LogP contribution in [-0.2, 0) is 30.1 Å². The lowest BCUT2D eigenvalue weighted by molar-refractivity contribution is -0.0281. The number of benzene rings is 6. The van der Waals surface area contributed by atoms with E-state index < -0.39 is 0 Å². The SMILES string of the molecule is C=Cc1ccc(C23CC4CC(C2)CC(c2ccc(N(c5ccc(CCCC)cc5)c5ccc(N(c6ccc(C)cc6)c6ccc7c(c6)CC7)cc5)cc2)(C4)C3)cc1. The number of anilines is 6. The predicted octanol–water partition coefficient (Wildman–Crippen LogP) is 14.8. The largest absolute Gasteiger partial charge is 0.311 e. The third-order valence-corrected chi connectivity index (χ3v) is 14.3. The highest BCUT2D eigenvalue weighted by molar-refractivity contribution is 5.81. The molecule has 6 aromatic carbocycles. The molecule has 11 rings (SSSR count). The minimum Gasteiger partial charge on any atom is -0.311 e. The molecule has 57 heavy (non-hydrogen) atoms. The van der Waals surface area contributed by atoms with Crippen molar-refractivity contribution < 1.29 is 0 Å². The number of hydrogen-bond donors (Lipinski definition) is 0. The third-order valence-electron chi connectivity index (χ3n) is 14.3. The van der Waals surface area contributed by atoms with Crippen LogP contribution in [0.1, 0.15) is 97.2 Å². The molecule has 4 bridgehead atoms. The van der Waals surface area contributed by atoms with Crippen molar-refractivity contribution in [3.05, 3.63) is 185 Å². The Morgan fingerprint density at radius 1 is 0.561 bits per heavy atom. The Hall–Kier alpha value is -5.34. The zero-order valence-corrected chi connectivity index (χ0v) is 33.9. The van der Waals surface area contributed by atoms with E-state index in [-0.39, 0.29) is 5.41 Å². The van der Waals surface area contributed by atoms with E-state index in [1.54, 1.807) is 11.1 Å². The topological polar surface area (TPSA) is 6.48 Å². The Kier molecular flexibility index (Phi) is 9.20. The van der Waals surface area contributed by atoms with E-state index >= 15 is 0 Å². The van der Waals surface area contributed by atoms with Crippen LogP contribution in [0.2, 0.25) is 0 Å². The second-order valence-electron chi connectivity index (χ2n) is 18.1. The predicted molar refractivity (Wildman–Crippen MR) is 241 cm³/mol. The smallest absolute Gasteiger partial charge is 0.0464 e. The monoisotopic (exact) mass is 744 g/mol. The number of rotatable bonds is 12. The summed E-state index contributed by atoms with van der Waals surface area (Å²) in [5.74, 6) is 1.64. The number of aryl methyl sites for hydroxylation is 4. The van der Waals surface area contributed by atoms with Gasteiger partial charge in [0.1, 0.15) is 0 Å². The van der Waals surface area contributed by atoms with Crippen molar-refractivity contribution in [1.29, 1.82) is 0 Å². The third kappa shape index (κ3) is 6.62. The Labute approximate surface area is 340 Å². The fourth-order valence-electron chi connectivity index (χ4n) is 11.7. The van der Waals surface area contributed by atoms with Gasteiger partial charge in [-0.3, -0.25) is 0 Å². The summed E-state index contributed by atoms with van der Waals surface area (Å²) < 4.78 is 0. The Bertz CT molecular complexity index is 2350. The molecule has 4 fully saturated rings. The molecular formula is C55H56N2. The van der Waals surface area contributed by atoms with Gasteiger partial charge in [-0.1, -0.05) is 98.3 Å². The molecule has 0 heterocycles. The van der Waals surface area contributed by atoms with Gasteiger partial charge >= 0.3 is 0 Å². The van der Waals surface area contributed by atoms with E-state index in [4.69, 9.17) is 0 Å². The molecule has 2 nitrogen and oxygen atoms in total. The highest BCUT2D eigenvalue weighted by Crippen LogP contribution is 2.66. The van der Waals surface area contributed by atoms with Crippen molar-refractivity contribution in [1.82, 2.24) is 0 Å². The highest BCUT2D eigenvalue weighted by atomic mass is 15.2. The summed E-state index contributed by atoms with van der Waals surface area (Å²) >= 11 is 0. The van der Waals surface area contributed by atoms with E-state index in [1.807, 2.05) is 6.08 Å². The lowest BCUT2D eigenvalue weighted by atomic mass is 9.42. The van der Waals surface area contributed by atoms with Gasteiger partial charge in [-0.15, -0.1) is 0 Å². The molecule has 0 aromatic heterocycles. The molecule has 0 radical (unpaired) electrons. The molecule has 5 aliphatic rings. The second kappa shape index (κ2) is 14.6. The highest BCUT2D eigenvalue weighted by Gasteiger charge is 2.58. The maximum Gasteiger partial charge on any atom is 0.0464 e. The first-order chi connectivity index (χ1) is 27.9. The van der Waals surface area contributed by atoms with E-state index in [0.29, 0.717) is 5.41 Å². The molecule has 2 heteroatoms. The zero-order chi connectivity index (χ0) is 38.6. The molecule has 0 spiro atoms. The molecule has 4 saturated carbocycles. The van der Waals surface area contributed by atoms with Crippen LogP contribution in [0.4, 0.5) is 34.1 Å². The van der Waals surface area contributed by atoms with Gasteiger partial charge in [0.05, 0.1) is 0 Å². The normalized spacial score (nSPS) is 22.8. The van der Waals surface area contributed by atoms with E-state index in [1.165, 1.54) is 126 Å². The first-order valence-electron chi connectivity index (χ1n) is 21.7. The van der Waals surface area contributed by atoms with Crippen molar-refractivity contribution >= 4 is 40.2 Å². The van der Waals surface area contributed by atoms with Crippen molar-refractivity contribution in [2.75, 3.05) is 9.80 Å². The fourth-order valence-corrected chi connectivity index (χ4v) is 11.7. The van der Waals surface area contributed by atoms with Crippen LogP contribution in [0.25, 0.3) is 6.08 Å². The number of unbranched alkanes of at least 4 members (excludes halogenated alkanes) is 1. The maximum absolute atomic E-state index is 4.01. The number of hydrogen-bond acceptors (Lipinski definition) is 2. The van der Waals surface area contributed by atoms with Gasteiger partial charge in [0.25, 0.3) is 0 Å². The molecule has 0 N–H and O–H groups in total. The van der Waals surface area contributed by atoms with Crippen molar-refractivity contribution in [2.45, 2.75) is 95.3 Å². The molecule has 2 unspecified atom stereocenters. The summed E-state index contributed by atoms with van der Waals surface area (Å²) in [5, 5.41) is 0. The Morgan fingerprint density at radius 3 is 1.51 bits per heavy atom. The van der Waals surface area contributed by atoms with Gasteiger partial charge in [-0.2, -0.15) is 0 Å². The van der Waals surface area contributed by atoms with Gasteiger partial charge in [-0.25, -0.2) is 0 Å². The number of nitrogens with zero attached hydrogens (tertiary/aromatic N) is 2. The van der Waals surface area contributed by atoms with Gasteiger partial charge in [0, 0.05) is 34.1 Å². The van der Waals surface area contributed by atoms with Crippen LogP contribution >= 0.6 is 0 Å². The molecule has 0 aliphatic heterocycles. The minimum atomic E-state index is 0.255. The minimum absolute atomic E-state index is 0.255. The second-order valence-corrected chi connectivity index (χ2v) is 18.1. The van der Waals surface area contributed by atoms with Crippen LogP contribution in [0.5, 0.6) is 0 Å². The quantitative estimate of drug-likeness (QED) is 0.123. The van der Waals surface area contributed by atoms with Crippen LogP contribution < -0.4 is 9.80 Å². The lowest BCUT2D eigenvalue weighted by Crippen LogP contribution is -2.55. The fraction of sp³-hybridized carbons (Fsp3) is 0.309. The van der Waals surface area contributed by atoms with Crippen LogP contribution in [0.15, 0.2) is 146 Å². The summed E-state index contributed by atoms with van der Waals surface area (Å²) in [6.45, 7) is 8.45. The number of fused-ring (bicyclic) bond motifs is 1. The summed E-state index contributed by atoms with van der Waals surface area (Å²) in [6, 6.07) is 53.8. The Morgan fingerprint density at radius 2 is 1.02 bits per heavy atom. The first kappa shape index (κ1) is 36.0. The average Bonchev–Trinajstić information content (AvgIpc) is 3.22. The molecule has 5 aliphatic carbocycles. The van der Waals surface area contributed by atoms with Crippen molar-refractivity contribution in [2.24, 2.45) is 11.8 Å². The molecule has 0 saturated heterocycles. The van der Waals surface area contributed by atoms with Crippen molar-refractivity contribution in [3.63, 3.8) is 0 Å². The molecule has 6 aromatic rings. The molecular weight excluding hydrogens is 689 g/mol. The summed E-state index contributed by atoms with van der Waals surface area (Å²) in [5.41, 5.74) is 17.7. The zero-order valence-electron chi connectivity index (χ0n) is 33.9. The standard InChI is InChI=1S/C55H56N2/c1-4-6-7-41-12-23-49(24-13-41)56(51-28-30-52(31-29-51)57(48-21-8-39(3)9-22-48)53-25-16-44-14-15-45(44)33-53)50-26-19-47(20-27-50)55-36-42-32-43(37-55)35-54(34-42,38-55)46-17-10-40(5-2)11-18-46/h5,8-13,16-31,33,42-43H,2,4,6-7,14-15,32,34-38H2,1,3H3. The Balaban J connectivity index is 0.998. The van der Waals surface area contributed by atoms with Gasteiger partial charge in [0.15, 0.2) is 0 Å². The maximum atomic E-state index is 4.01. The van der Waals surface area contributed by atoms with Crippen LogP contribution in [-0.4, -0.2) is 0 Å². The van der Waals surface area contributed by atoms with Gasteiger partial charge in [-0.05, 0) is 200 Å². The molecule has 0 amide bonds. The summed E-state index contributed by atoms with van der Waals surface area (Å²) in [7, 11) is 0. The van der Waals surface area contributed by atoms with Gasteiger partial charge < -0.3 is 9.80 Å². The van der Waals surface area contributed by atoms with Crippen LogP contribution in [0.3, 0.4) is 0 Å². The van der Waals surface area contributed by atoms with Crippen molar-refractivity contribution in [3.8, 4) is 0 Å². The van der Waals surface area contributed by atoms with Crippen LogP contribution in [0, 0.1) is 18.8 Å². The molecule has 2 atom stereocenters. The van der Waals surface area contributed by atoms with E-state index in [9.17, 15) is 0 Å². The average molecular weight is 745 g/mol. The molecule has 286 valence electrons. The van der Waals surface area contributed by atoms with Gasteiger partial charge in [0.2, 0.25) is 0 Å². The summed E-state index contributed by atoms with van der Waals surface area (Å²) in [4.78, 5) is 4.87. The summed E-state index contributed by atoms with van der Waals surface area (Å²) in [6.07, 6.45) is 15.9. The lowest BCUT2D eigenvalue weighted by Gasteiger charge is -2.63. The first-order valence-corrected chi connectivity index (χ1v) is 21.7. The van der Waals surface area contributed by atoms with E-state index in [0.717, 1.165) is 18.3 Å². The van der Waals surface area contributed by atoms with E-state index in [2.05, 4.69) is 170 Å².